The summed E-state index contributed by atoms with van der Waals surface area (Å²) in [6.45, 7) is 7.46. The summed E-state index contributed by atoms with van der Waals surface area (Å²) in [5, 5.41) is 1.24. The number of hydroxylamine groups is 2. The minimum absolute atomic E-state index is 0.0232. The Morgan fingerprint density at radius 3 is 2.42 bits per heavy atom. The summed E-state index contributed by atoms with van der Waals surface area (Å²) >= 11 is 0. The SMILES string of the molecule is C=C[C@@H](C)[C@@H](C)C(=O)N(C)OC. The van der Waals surface area contributed by atoms with E-state index in [2.05, 4.69) is 6.58 Å². The van der Waals surface area contributed by atoms with E-state index in [-0.39, 0.29) is 17.7 Å². The van der Waals surface area contributed by atoms with Gasteiger partial charge in [0.25, 0.3) is 0 Å². The Labute approximate surface area is 74.0 Å². The average Bonchev–Trinajstić information content (AvgIpc) is 2.12. The Morgan fingerprint density at radius 2 is 2.08 bits per heavy atom. The molecule has 0 spiro atoms. The first-order valence-corrected chi connectivity index (χ1v) is 3.98. The quantitative estimate of drug-likeness (QED) is 0.473. The number of amides is 1. The van der Waals surface area contributed by atoms with Crippen LogP contribution in [-0.4, -0.2) is 25.1 Å². The van der Waals surface area contributed by atoms with Gasteiger partial charge in [-0.25, -0.2) is 5.06 Å². The smallest absolute Gasteiger partial charge is 0.249 e. The van der Waals surface area contributed by atoms with Gasteiger partial charge in [0.15, 0.2) is 0 Å². The fraction of sp³-hybridized carbons (Fsp3) is 0.667. The van der Waals surface area contributed by atoms with Crippen LogP contribution >= 0.6 is 0 Å². The number of allylic oxidation sites excluding steroid dienone is 1. The zero-order valence-electron chi connectivity index (χ0n) is 8.20. The first-order chi connectivity index (χ1) is 5.54. The molecule has 0 rings (SSSR count). The van der Waals surface area contributed by atoms with Crippen molar-refractivity contribution in [2.45, 2.75) is 13.8 Å². The summed E-state index contributed by atoms with van der Waals surface area (Å²) in [5.41, 5.74) is 0. The maximum Gasteiger partial charge on any atom is 0.249 e. The van der Waals surface area contributed by atoms with E-state index in [1.54, 1.807) is 13.1 Å². The van der Waals surface area contributed by atoms with Crippen molar-refractivity contribution < 1.29 is 9.63 Å². The average molecular weight is 171 g/mol. The number of carbonyl (C=O) groups excluding carboxylic acids is 1. The molecule has 1 amide bonds. The van der Waals surface area contributed by atoms with Crippen molar-refractivity contribution >= 4 is 5.91 Å². The van der Waals surface area contributed by atoms with Crippen molar-refractivity contribution in [1.82, 2.24) is 5.06 Å². The van der Waals surface area contributed by atoms with Crippen molar-refractivity contribution in [3.05, 3.63) is 12.7 Å². The molecule has 70 valence electrons. The monoisotopic (exact) mass is 171 g/mol. The van der Waals surface area contributed by atoms with Crippen LogP contribution in [0.15, 0.2) is 12.7 Å². The molecule has 0 saturated carbocycles. The van der Waals surface area contributed by atoms with Crippen LogP contribution in [0.3, 0.4) is 0 Å². The molecule has 0 bridgehead atoms. The van der Waals surface area contributed by atoms with E-state index in [4.69, 9.17) is 4.84 Å². The van der Waals surface area contributed by atoms with Gasteiger partial charge in [0.2, 0.25) is 5.91 Å². The molecule has 0 heterocycles. The molecule has 0 N–H and O–H groups in total. The molecule has 0 fully saturated rings. The molecule has 0 aliphatic heterocycles. The summed E-state index contributed by atoms with van der Waals surface area (Å²) in [6, 6.07) is 0. The minimum atomic E-state index is -0.0764. The lowest BCUT2D eigenvalue weighted by molar-refractivity contribution is -0.173. The lowest BCUT2D eigenvalue weighted by atomic mass is 9.95. The molecular formula is C9H17NO2. The number of nitrogens with zero attached hydrogens (tertiary/aromatic N) is 1. The maximum absolute atomic E-state index is 11.4. The second kappa shape index (κ2) is 4.93. The Kier molecular flexibility index (Phi) is 4.59. The second-order valence-corrected chi connectivity index (χ2v) is 2.90. The number of hydrogen-bond acceptors (Lipinski definition) is 2. The van der Waals surface area contributed by atoms with Gasteiger partial charge in [-0.2, -0.15) is 0 Å². The predicted molar refractivity (Wildman–Crippen MR) is 48.3 cm³/mol. The van der Waals surface area contributed by atoms with Crippen LogP contribution in [0.5, 0.6) is 0 Å². The van der Waals surface area contributed by atoms with Crippen LogP contribution in [0.2, 0.25) is 0 Å². The van der Waals surface area contributed by atoms with Gasteiger partial charge in [0.1, 0.15) is 0 Å². The van der Waals surface area contributed by atoms with E-state index in [0.29, 0.717) is 0 Å². The molecule has 0 aliphatic carbocycles. The Balaban J connectivity index is 4.18. The molecule has 12 heavy (non-hydrogen) atoms. The number of carbonyl (C=O) groups is 1. The highest BCUT2D eigenvalue weighted by Crippen LogP contribution is 2.13. The molecule has 0 aliphatic rings. The number of hydrogen-bond donors (Lipinski definition) is 0. The zero-order valence-corrected chi connectivity index (χ0v) is 8.20. The van der Waals surface area contributed by atoms with Crippen LogP contribution < -0.4 is 0 Å². The van der Waals surface area contributed by atoms with Crippen molar-refractivity contribution in [1.29, 1.82) is 0 Å². The van der Waals surface area contributed by atoms with Gasteiger partial charge < -0.3 is 0 Å². The van der Waals surface area contributed by atoms with Crippen LogP contribution in [0.1, 0.15) is 13.8 Å². The molecule has 0 aromatic carbocycles. The summed E-state index contributed by atoms with van der Waals surface area (Å²) in [4.78, 5) is 16.2. The van der Waals surface area contributed by atoms with Gasteiger partial charge in [0.05, 0.1) is 7.11 Å². The molecule has 0 saturated heterocycles. The standard InChI is InChI=1S/C9H17NO2/c1-6-7(2)8(3)9(11)10(4)12-5/h6-8H,1H2,2-5H3/t7-,8-/m1/s1. The number of rotatable bonds is 4. The lowest BCUT2D eigenvalue weighted by Crippen LogP contribution is -2.33. The van der Waals surface area contributed by atoms with E-state index in [1.807, 2.05) is 13.8 Å². The first-order valence-electron chi connectivity index (χ1n) is 3.98. The first kappa shape index (κ1) is 11.2. The van der Waals surface area contributed by atoms with Gasteiger partial charge in [0, 0.05) is 13.0 Å². The molecule has 0 radical (unpaired) electrons. The van der Waals surface area contributed by atoms with Crippen LogP contribution in [0.25, 0.3) is 0 Å². The highest BCUT2D eigenvalue weighted by molar-refractivity contribution is 5.77. The van der Waals surface area contributed by atoms with E-state index in [0.717, 1.165) is 0 Å². The Bertz CT molecular complexity index is 168. The fourth-order valence-electron chi connectivity index (χ4n) is 0.806. The van der Waals surface area contributed by atoms with Crippen molar-refractivity contribution in [2.75, 3.05) is 14.2 Å². The molecule has 3 nitrogen and oxygen atoms in total. The third kappa shape index (κ3) is 2.66. The van der Waals surface area contributed by atoms with Crippen LogP contribution in [0, 0.1) is 11.8 Å². The molecule has 0 unspecified atom stereocenters. The van der Waals surface area contributed by atoms with Crippen LogP contribution in [-0.2, 0) is 9.63 Å². The summed E-state index contributed by atoms with van der Waals surface area (Å²) in [6.07, 6.45) is 1.77. The predicted octanol–water partition coefficient (Wildman–Crippen LogP) is 1.46. The van der Waals surface area contributed by atoms with Gasteiger partial charge >= 0.3 is 0 Å². The maximum atomic E-state index is 11.4. The van der Waals surface area contributed by atoms with Crippen molar-refractivity contribution in [2.24, 2.45) is 11.8 Å². The van der Waals surface area contributed by atoms with Crippen molar-refractivity contribution in [3.63, 3.8) is 0 Å². The van der Waals surface area contributed by atoms with E-state index in [1.165, 1.54) is 12.2 Å². The molecule has 0 aromatic heterocycles. The van der Waals surface area contributed by atoms with E-state index in [9.17, 15) is 4.79 Å². The molecular weight excluding hydrogens is 154 g/mol. The van der Waals surface area contributed by atoms with Crippen molar-refractivity contribution in [3.8, 4) is 0 Å². The van der Waals surface area contributed by atoms with Gasteiger partial charge in [-0.3, -0.25) is 9.63 Å². The summed E-state index contributed by atoms with van der Waals surface area (Å²) < 4.78 is 0. The third-order valence-electron chi connectivity index (χ3n) is 2.13. The van der Waals surface area contributed by atoms with Crippen LogP contribution in [0.4, 0.5) is 0 Å². The molecule has 0 aromatic rings. The third-order valence-corrected chi connectivity index (χ3v) is 2.13. The molecule has 2 atom stereocenters. The van der Waals surface area contributed by atoms with Gasteiger partial charge in [-0.15, -0.1) is 6.58 Å². The highest BCUT2D eigenvalue weighted by atomic mass is 16.7. The Hall–Kier alpha value is -0.830. The van der Waals surface area contributed by atoms with Gasteiger partial charge in [-0.1, -0.05) is 19.9 Å². The topological polar surface area (TPSA) is 29.5 Å². The summed E-state index contributed by atoms with van der Waals surface area (Å²) in [7, 11) is 3.08. The normalized spacial score (nSPS) is 15.0. The molecule has 3 heteroatoms. The summed E-state index contributed by atoms with van der Waals surface area (Å²) in [5.74, 6) is 0.0763. The van der Waals surface area contributed by atoms with E-state index < -0.39 is 0 Å². The Morgan fingerprint density at radius 1 is 1.58 bits per heavy atom. The fourth-order valence-corrected chi connectivity index (χ4v) is 0.806. The zero-order chi connectivity index (χ0) is 9.72. The second-order valence-electron chi connectivity index (χ2n) is 2.90. The minimum Gasteiger partial charge on any atom is -0.275 e. The lowest BCUT2D eigenvalue weighted by Gasteiger charge is -2.21. The largest absolute Gasteiger partial charge is 0.275 e. The van der Waals surface area contributed by atoms with Gasteiger partial charge in [-0.05, 0) is 5.92 Å². The van der Waals surface area contributed by atoms with E-state index >= 15 is 0 Å². The highest BCUT2D eigenvalue weighted by Gasteiger charge is 2.21.